The van der Waals surface area contributed by atoms with E-state index in [0.29, 0.717) is 19.5 Å². The molecule has 0 unspecified atom stereocenters. The first-order valence-corrected chi connectivity index (χ1v) is 8.57. The number of rotatable bonds is 6. The molecule has 1 aromatic rings. The number of carbonyl (C=O) groups excluding carboxylic acids is 1. The third-order valence-corrected chi connectivity index (χ3v) is 4.95. The highest BCUT2D eigenvalue weighted by Crippen LogP contribution is 2.18. The van der Waals surface area contributed by atoms with Gasteiger partial charge in [-0.15, -0.1) is 0 Å². The fourth-order valence-electron chi connectivity index (χ4n) is 2.57. The number of likely N-dealkylation sites (N-methyl/N-ethyl adjacent to an activating group) is 1. The molecule has 22 heavy (non-hydrogen) atoms. The maximum Gasteiger partial charge on any atom is 0.223 e. The molecule has 0 radical (unpaired) electrons. The number of hydrogen-bond acceptors (Lipinski definition) is 4. The normalized spacial score (nSPS) is 21.6. The molecule has 6 heteroatoms. The van der Waals surface area contributed by atoms with Gasteiger partial charge in [-0.2, -0.15) is 11.8 Å². The van der Waals surface area contributed by atoms with Crippen LogP contribution in [0.1, 0.15) is 12.0 Å². The lowest BCUT2D eigenvalue weighted by Gasteiger charge is -2.21. The van der Waals surface area contributed by atoms with Crippen molar-refractivity contribution in [2.24, 2.45) is 0 Å². The molecule has 4 nitrogen and oxygen atoms in total. The van der Waals surface area contributed by atoms with Crippen molar-refractivity contribution in [3.05, 3.63) is 35.6 Å². The van der Waals surface area contributed by atoms with E-state index in [9.17, 15) is 14.3 Å². The van der Waals surface area contributed by atoms with Crippen LogP contribution in [0.15, 0.2) is 24.3 Å². The molecular formula is C16H23FN2O2S. The van der Waals surface area contributed by atoms with Crippen molar-refractivity contribution >= 4 is 17.7 Å². The Labute approximate surface area is 135 Å². The minimum absolute atomic E-state index is 0.0239. The second-order valence-electron chi connectivity index (χ2n) is 5.83. The zero-order chi connectivity index (χ0) is 16.1. The molecule has 1 N–H and O–H groups in total. The summed E-state index contributed by atoms with van der Waals surface area (Å²) in [6, 6.07) is 6.46. The minimum atomic E-state index is -0.467. The maximum atomic E-state index is 12.8. The highest BCUT2D eigenvalue weighted by atomic mass is 32.2. The van der Waals surface area contributed by atoms with Gasteiger partial charge in [0.05, 0.1) is 12.1 Å². The Morgan fingerprint density at radius 1 is 1.36 bits per heavy atom. The highest BCUT2D eigenvalue weighted by Gasteiger charge is 2.34. The predicted molar refractivity (Wildman–Crippen MR) is 87.2 cm³/mol. The first kappa shape index (κ1) is 17.2. The maximum absolute atomic E-state index is 12.8. The smallest absolute Gasteiger partial charge is 0.223 e. The number of carbonyl (C=O) groups is 1. The molecule has 1 saturated heterocycles. The van der Waals surface area contributed by atoms with Crippen LogP contribution in [0.3, 0.4) is 0 Å². The van der Waals surface area contributed by atoms with Gasteiger partial charge in [0.15, 0.2) is 0 Å². The molecule has 0 saturated carbocycles. The summed E-state index contributed by atoms with van der Waals surface area (Å²) in [7, 11) is 3.83. The van der Waals surface area contributed by atoms with Crippen LogP contribution in [0, 0.1) is 5.82 Å². The van der Waals surface area contributed by atoms with Gasteiger partial charge in [0.1, 0.15) is 5.82 Å². The Balaban J connectivity index is 1.69. The van der Waals surface area contributed by atoms with E-state index >= 15 is 0 Å². The van der Waals surface area contributed by atoms with E-state index < -0.39 is 6.10 Å². The van der Waals surface area contributed by atoms with E-state index in [2.05, 4.69) is 0 Å². The standard InChI is InChI=1S/C16H23FN2O2S/c1-18(2)14-9-19(10-15(14)20)16(21)7-8-22-11-12-3-5-13(17)6-4-12/h3-6,14-15,20H,7-11H2,1-2H3/t14-,15-/m1/s1. The number of amides is 1. The van der Waals surface area contributed by atoms with E-state index in [0.717, 1.165) is 17.1 Å². The topological polar surface area (TPSA) is 43.8 Å². The summed E-state index contributed by atoms with van der Waals surface area (Å²) in [5.41, 5.74) is 1.06. The van der Waals surface area contributed by atoms with Crippen molar-refractivity contribution in [1.82, 2.24) is 9.80 Å². The first-order valence-electron chi connectivity index (χ1n) is 7.42. The Bertz CT molecular complexity index is 495. The number of benzene rings is 1. The van der Waals surface area contributed by atoms with E-state index in [-0.39, 0.29) is 17.8 Å². The van der Waals surface area contributed by atoms with Gasteiger partial charge in [0.25, 0.3) is 0 Å². The lowest BCUT2D eigenvalue weighted by atomic mass is 10.2. The number of aliphatic hydroxyl groups excluding tert-OH is 1. The molecule has 122 valence electrons. The molecule has 0 aromatic heterocycles. The van der Waals surface area contributed by atoms with Crippen molar-refractivity contribution in [3.63, 3.8) is 0 Å². The van der Waals surface area contributed by atoms with Gasteiger partial charge >= 0.3 is 0 Å². The number of thioether (sulfide) groups is 1. The molecule has 1 aliphatic heterocycles. The molecule has 2 atom stereocenters. The van der Waals surface area contributed by atoms with Crippen LogP contribution in [0.5, 0.6) is 0 Å². The molecule has 1 aliphatic rings. The molecule has 1 heterocycles. The number of hydrogen-bond donors (Lipinski definition) is 1. The van der Waals surface area contributed by atoms with Crippen LogP contribution in [0.25, 0.3) is 0 Å². The zero-order valence-electron chi connectivity index (χ0n) is 13.0. The van der Waals surface area contributed by atoms with Gasteiger partial charge in [-0.1, -0.05) is 12.1 Å². The quantitative estimate of drug-likeness (QED) is 0.806. The van der Waals surface area contributed by atoms with Gasteiger partial charge in [0.2, 0.25) is 5.91 Å². The Morgan fingerprint density at radius 3 is 2.64 bits per heavy atom. The average Bonchev–Trinajstić information content (AvgIpc) is 2.87. The van der Waals surface area contributed by atoms with E-state index in [1.165, 1.54) is 12.1 Å². The number of likely N-dealkylation sites (tertiary alicyclic amines) is 1. The van der Waals surface area contributed by atoms with Gasteiger partial charge in [-0.3, -0.25) is 4.79 Å². The minimum Gasteiger partial charge on any atom is -0.390 e. The fourth-order valence-corrected chi connectivity index (χ4v) is 3.46. The molecule has 0 spiro atoms. The number of β-amino-alcohol motifs (C(OH)–C–C–N with tert-alkyl or cyclic N) is 1. The van der Waals surface area contributed by atoms with Crippen molar-refractivity contribution in [2.45, 2.75) is 24.3 Å². The summed E-state index contributed by atoms with van der Waals surface area (Å²) in [6.07, 6.45) is 0.00413. The third-order valence-electron chi connectivity index (χ3n) is 3.92. The van der Waals surface area contributed by atoms with Crippen LogP contribution in [0.2, 0.25) is 0 Å². The second-order valence-corrected chi connectivity index (χ2v) is 6.93. The molecule has 1 fully saturated rings. The SMILES string of the molecule is CN(C)[C@@H]1CN(C(=O)CCSCc2ccc(F)cc2)C[C@H]1O. The first-order chi connectivity index (χ1) is 10.5. The summed E-state index contributed by atoms with van der Waals surface area (Å²) in [4.78, 5) is 15.9. The second kappa shape index (κ2) is 7.94. The van der Waals surface area contributed by atoms with Gasteiger partial charge < -0.3 is 14.9 Å². The zero-order valence-corrected chi connectivity index (χ0v) is 13.9. The monoisotopic (exact) mass is 326 g/mol. The lowest BCUT2D eigenvalue weighted by molar-refractivity contribution is -0.130. The largest absolute Gasteiger partial charge is 0.390 e. The third kappa shape index (κ3) is 4.69. The summed E-state index contributed by atoms with van der Waals surface area (Å²) in [5, 5.41) is 9.95. The van der Waals surface area contributed by atoms with Gasteiger partial charge in [-0.25, -0.2) is 4.39 Å². The van der Waals surface area contributed by atoms with Crippen molar-refractivity contribution in [2.75, 3.05) is 32.9 Å². The highest BCUT2D eigenvalue weighted by molar-refractivity contribution is 7.98. The van der Waals surface area contributed by atoms with Crippen LogP contribution < -0.4 is 0 Å². The van der Waals surface area contributed by atoms with Crippen LogP contribution in [0.4, 0.5) is 4.39 Å². The number of nitrogens with zero attached hydrogens (tertiary/aromatic N) is 2. The summed E-state index contributed by atoms with van der Waals surface area (Å²) in [6.45, 7) is 1.01. The number of aliphatic hydroxyl groups is 1. The summed E-state index contributed by atoms with van der Waals surface area (Å²) in [5.74, 6) is 1.37. The fraction of sp³-hybridized carbons (Fsp3) is 0.562. The van der Waals surface area contributed by atoms with Crippen LogP contribution in [-0.2, 0) is 10.5 Å². The summed E-state index contributed by atoms with van der Waals surface area (Å²) < 4.78 is 12.8. The Morgan fingerprint density at radius 2 is 2.05 bits per heavy atom. The molecule has 0 aliphatic carbocycles. The molecule has 1 aromatic carbocycles. The van der Waals surface area contributed by atoms with E-state index in [4.69, 9.17) is 0 Å². The van der Waals surface area contributed by atoms with E-state index in [1.807, 2.05) is 19.0 Å². The molecular weight excluding hydrogens is 303 g/mol. The summed E-state index contributed by atoms with van der Waals surface area (Å²) >= 11 is 1.66. The van der Waals surface area contributed by atoms with Crippen molar-refractivity contribution < 1.29 is 14.3 Å². The van der Waals surface area contributed by atoms with Crippen LogP contribution >= 0.6 is 11.8 Å². The predicted octanol–water partition coefficient (Wildman–Crippen LogP) is 1.58. The van der Waals surface area contributed by atoms with Crippen molar-refractivity contribution in [1.29, 1.82) is 0 Å². The van der Waals surface area contributed by atoms with Gasteiger partial charge in [0, 0.05) is 31.0 Å². The molecule has 1 amide bonds. The molecule has 2 rings (SSSR count). The lowest BCUT2D eigenvalue weighted by Crippen LogP contribution is -2.38. The molecule has 0 bridgehead atoms. The van der Waals surface area contributed by atoms with Crippen molar-refractivity contribution in [3.8, 4) is 0 Å². The van der Waals surface area contributed by atoms with Gasteiger partial charge in [-0.05, 0) is 31.8 Å². The Hall–Kier alpha value is -1.11. The van der Waals surface area contributed by atoms with Crippen LogP contribution in [-0.4, -0.2) is 65.9 Å². The Kier molecular flexibility index (Phi) is 6.23. The number of halogens is 1. The average molecular weight is 326 g/mol. The van der Waals surface area contributed by atoms with E-state index in [1.54, 1.807) is 28.8 Å².